The van der Waals surface area contributed by atoms with Crippen molar-refractivity contribution < 1.29 is 0 Å². The van der Waals surface area contributed by atoms with Gasteiger partial charge in [-0.05, 0) is 24.1 Å². The van der Waals surface area contributed by atoms with E-state index in [0.29, 0.717) is 5.96 Å². The van der Waals surface area contributed by atoms with Crippen LogP contribution in [0.2, 0.25) is 0 Å². The van der Waals surface area contributed by atoms with Crippen LogP contribution in [-0.2, 0) is 13.1 Å². The van der Waals surface area contributed by atoms with Gasteiger partial charge in [0.05, 0.1) is 5.69 Å². The molecule has 2 aromatic carbocycles. The summed E-state index contributed by atoms with van der Waals surface area (Å²) in [4.78, 5) is 6.57. The number of nitrogens with zero attached hydrogens (tertiary/aromatic N) is 2. The zero-order chi connectivity index (χ0) is 13.2. The molecule has 0 saturated carbocycles. The van der Waals surface area contributed by atoms with E-state index < -0.39 is 0 Å². The number of rotatable bonds is 2. The van der Waals surface area contributed by atoms with E-state index >= 15 is 0 Å². The zero-order valence-electron chi connectivity index (χ0n) is 11.0. The molecular weight excluding hydrogens is 234 g/mol. The zero-order valence-corrected chi connectivity index (χ0v) is 11.0. The lowest BCUT2D eigenvalue weighted by atomic mass is 10.1. The number of fused-ring (bicyclic) bond motifs is 1. The van der Waals surface area contributed by atoms with Gasteiger partial charge in [0.25, 0.3) is 0 Å². The summed E-state index contributed by atoms with van der Waals surface area (Å²) in [6.07, 6.45) is 0. The highest BCUT2D eigenvalue weighted by atomic mass is 15.3. The second-order valence-electron chi connectivity index (χ2n) is 4.94. The molecule has 1 heterocycles. The molecule has 0 aromatic heterocycles. The summed E-state index contributed by atoms with van der Waals surface area (Å²) in [7, 11) is 0. The van der Waals surface area contributed by atoms with Crippen molar-refractivity contribution in [2.45, 2.75) is 20.0 Å². The quantitative estimate of drug-likeness (QED) is 0.891. The van der Waals surface area contributed by atoms with E-state index in [-0.39, 0.29) is 0 Å². The lowest BCUT2D eigenvalue weighted by Gasteiger charge is -2.28. The SMILES string of the molecule is Cc1cccc(CN2Cc3ccccc3N=C2N)c1. The maximum Gasteiger partial charge on any atom is 0.197 e. The Morgan fingerprint density at radius 2 is 2.00 bits per heavy atom. The molecule has 0 radical (unpaired) electrons. The summed E-state index contributed by atoms with van der Waals surface area (Å²) in [5, 5.41) is 0. The second kappa shape index (κ2) is 4.76. The van der Waals surface area contributed by atoms with Gasteiger partial charge in [0.1, 0.15) is 0 Å². The fraction of sp³-hybridized carbons (Fsp3) is 0.188. The van der Waals surface area contributed by atoms with Crippen LogP contribution in [0, 0.1) is 6.92 Å². The van der Waals surface area contributed by atoms with Crippen LogP contribution in [0.1, 0.15) is 16.7 Å². The molecule has 0 amide bonds. The molecule has 1 aliphatic rings. The van der Waals surface area contributed by atoms with Gasteiger partial charge in [-0.25, -0.2) is 4.99 Å². The summed E-state index contributed by atoms with van der Waals surface area (Å²) >= 11 is 0. The van der Waals surface area contributed by atoms with Crippen molar-refractivity contribution in [2.75, 3.05) is 0 Å². The van der Waals surface area contributed by atoms with Gasteiger partial charge in [0, 0.05) is 13.1 Å². The lowest BCUT2D eigenvalue weighted by Crippen LogP contribution is -2.38. The van der Waals surface area contributed by atoms with Crippen LogP contribution in [-0.4, -0.2) is 10.9 Å². The van der Waals surface area contributed by atoms with Crippen LogP contribution in [0.5, 0.6) is 0 Å². The summed E-state index contributed by atoms with van der Waals surface area (Å²) < 4.78 is 0. The maximum atomic E-state index is 6.06. The average molecular weight is 251 g/mol. The normalized spacial score (nSPS) is 13.9. The first-order valence-electron chi connectivity index (χ1n) is 6.45. The van der Waals surface area contributed by atoms with E-state index in [0.717, 1.165) is 18.8 Å². The summed E-state index contributed by atoms with van der Waals surface area (Å²) in [6, 6.07) is 16.6. The third-order valence-electron chi connectivity index (χ3n) is 3.37. The largest absolute Gasteiger partial charge is 0.369 e. The van der Waals surface area contributed by atoms with Gasteiger partial charge in [0.15, 0.2) is 5.96 Å². The maximum absolute atomic E-state index is 6.06. The molecule has 0 bridgehead atoms. The van der Waals surface area contributed by atoms with Crippen molar-refractivity contribution in [1.82, 2.24) is 4.90 Å². The van der Waals surface area contributed by atoms with Gasteiger partial charge in [0.2, 0.25) is 0 Å². The van der Waals surface area contributed by atoms with Crippen LogP contribution in [0.15, 0.2) is 53.5 Å². The fourth-order valence-electron chi connectivity index (χ4n) is 2.40. The number of hydrogen-bond donors (Lipinski definition) is 1. The van der Waals surface area contributed by atoms with Gasteiger partial charge >= 0.3 is 0 Å². The van der Waals surface area contributed by atoms with E-state index in [1.54, 1.807) is 0 Å². The third kappa shape index (κ3) is 2.45. The standard InChI is InChI=1S/C16H17N3/c1-12-5-4-6-13(9-12)10-19-11-14-7-2-3-8-15(14)18-16(19)17/h2-9H,10-11H2,1H3,(H2,17,18). The molecule has 2 N–H and O–H groups in total. The molecule has 1 aliphatic heterocycles. The molecule has 19 heavy (non-hydrogen) atoms. The molecule has 0 atom stereocenters. The summed E-state index contributed by atoms with van der Waals surface area (Å²) in [6.45, 7) is 3.72. The molecule has 2 aromatic rings. The Hall–Kier alpha value is -2.29. The van der Waals surface area contributed by atoms with E-state index in [2.05, 4.69) is 47.1 Å². The van der Waals surface area contributed by atoms with E-state index in [4.69, 9.17) is 5.73 Å². The van der Waals surface area contributed by atoms with E-state index in [1.807, 2.05) is 18.2 Å². The Balaban J connectivity index is 1.84. The molecule has 0 spiro atoms. The number of benzene rings is 2. The van der Waals surface area contributed by atoms with Crippen molar-refractivity contribution in [2.24, 2.45) is 10.7 Å². The Labute approximate surface area is 113 Å². The van der Waals surface area contributed by atoms with Gasteiger partial charge < -0.3 is 10.6 Å². The molecule has 0 fully saturated rings. The number of aryl methyl sites for hydroxylation is 1. The monoisotopic (exact) mass is 251 g/mol. The molecule has 96 valence electrons. The summed E-state index contributed by atoms with van der Waals surface area (Å²) in [5.41, 5.74) is 10.8. The lowest BCUT2D eigenvalue weighted by molar-refractivity contribution is 0.396. The molecular formula is C16H17N3. The van der Waals surface area contributed by atoms with Gasteiger partial charge in [-0.1, -0.05) is 48.0 Å². The van der Waals surface area contributed by atoms with Crippen molar-refractivity contribution in [1.29, 1.82) is 0 Å². The number of hydrogen-bond acceptors (Lipinski definition) is 3. The molecule has 0 unspecified atom stereocenters. The van der Waals surface area contributed by atoms with Gasteiger partial charge in [-0.2, -0.15) is 0 Å². The minimum absolute atomic E-state index is 0.597. The number of nitrogens with two attached hydrogens (primary N) is 1. The van der Waals surface area contributed by atoms with E-state index in [1.165, 1.54) is 16.7 Å². The average Bonchev–Trinajstić information content (AvgIpc) is 2.40. The van der Waals surface area contributed by atoms with Crippen molar-refractivity contribution in [3.05, 3.63) is 65.2 Å². The van der Waals surface area contributed by atoms with Crippen molar-refractivity contribution >= 4 is 11.6 Å². The molecule has 0 saturated heterocycles. The topological polar surface area (TPSA) is 41.6 Å². The Bertz CT molecular complexity index is 631. The van der Waals surface area contributed by atoms with Crippen LogP contribution in [0.25, 0.3) is 0 Å². The van der Waals surface area contributed by atoms with Crippen LogP contribution in [0.4, 0.5) is 5.69 Å². The first-order chi connectivity index (χ1) is 9.22. The molecule has 0 aliphatic carbocycles. The first-order valence-corrected chi connectivity index (χ1v) is 6.45. The summed E-state index contributed by atoms with van der Waals surface area (Å²) in [5.74, 6) is 0.597. The third-order valence-corrected chi connectivity index (χ3v) is 3.37. The Morgan fingerprint density at radius 1 is 1.16 bits per heavy atom. The fourth-order valence-corrected chi connectivity index (χ4v) is 2.40. The molecule has 3 heteroatoms. The van der Waals surface area contributed by atoms with Crippen LogP contribution >= 0.6 is 0 Å². The predicted molar refractivity (Wildman–Crippen MR) is 78.2 cm³/mol. The van der Waals surface area contributed by atoms with E-state index in [9.17, 15) is 0 Å². The van der Waals surface area contributed by atoms with Gasteiger partial charge in [-0.15, -0.1) is 0 Å². The molecule has 3 nitrogen and oxygen atoms in total. The van der Waals surface area contributed by atoms with Crippen molar-refractivity contribution in [3.63, 3.8) is 0 Å². The predicted octanol–water partition coefficient (Wildman–Crippen LogP) is 2.96. The Morgan fingerprint density at radius 3 is 2.84 bits per heavy atom. The number of guanidine groups is 1. The highest BCUT2D eigenvalue weighted by Crippen LogP contribution is 2.25. The highest BCUT2D eigenvalue weighted by molar-refractivity contribution is 5.83. The Kier molecular flexibility index (Phi) is 2.95. The minimum atomic E-state index is 0.597. The van der Waals surface area contributed by atoms with Crippen LogP contribution < -0.4 is 5.73 Å². The number of aliphatic imine (C=N–C) groups is 1. The molecule has 3 rings (SSSR count). The smallest absolute Gasteiger partial charge is 0.197 e. The first kappa shape index (κ1) is 11.8. The second-order valence-corrected chi connectivity index (χ2v) is 4.94. The van der Waals surface area contributed by atoms with Crippen molar-refractivity contribution in [3.8, 4) is 0 Å². The van der Waals surface area contributed by atoms with Gasteiger partial charge in [-0.3, -0.25) is 0 Å². The minimum Gasteiger partial charge on any atom is -0.369 e. The number of para-hydroxylation sites is 1. The van der Waals surface area contributed by atoms with Crippen LogP contribution in [0.3, 0.4) is 0 Å². The highest BCUT2D eigenvalue weighted by Gasteiger charge is 2.17.